The second-order valence-electron chi connectivity index (χ2n) is 7.77. The van der Waals surface area contributed by atoms with Gasteiger partial charge >= 0.3 is 0 Å². The molecule has 3 aromatic rings. The first-order chi connectivity index (χ1) is 14.1. The Labute approximate surface area is 175 Å². The first-order valence-electron chi connectivity index (χ1n) is 9.94. The summed E-state index contributed by atoms with van der Waals surface area (Å²) >= 11 is 6.55. The first-order valence-corrected chi connectivity index (χ1v) is 10.3. The van der Waals surface area contributed by atoms with Crippen LogP contribution < -0.4 is 5.32 Å². The average molecular weight is 413 g/mol. The van der Waals surface area contributed by atoms with E-state index < -0.39 is 0 Å². The molecule has 4 rings (SSSR count). The quantitative estimate of drug-likeness (QED) is 0.609. The van der Waals surface area contributed by atoms with E-state index in [2.05, 4.69) is 26.5 Å². The molecule has 0 bridgehead atoms. The van der Waals surface area contributed by atoms with Gasteiger partial charge in [-0.15, -0.1) is 0 Å². The largest absolute Gasteiger partial charge is 0.381 e. The summed E-state index contributed by atoms with van der Waals surface area (Å²) in [4.78, 5) is 8.95. The van der Waals surface area contributed by atoms with E-state index in [0.717, 1.165) is 54.6 Å². The Bertz CT molecular complexity index is 967. The Morgan fingerprint density at radius 2 is 1.97 bits per heavy atom. The molecule has 7 heteroatoms. The number of aromatic nitrogens is 3. The Morgan fingerprint density at radius 3 is 2.69 bits per heavy atom. The maximum atomic E-state index is 6.55. The fourth-order valence-electron chi connectivity index (χ4n) is 3.70. The maximum absolute atomic E-state index is 6.55. The van der Waals surface area contributed by atoms with E-state index in [-0.39, 0.29) is 11.3 Å². The number of hydrogen-bond acceptors (Lipinski definition) is 6. The number of rotatable bonds is 6. The summed E-state index contributed by atoms with van der Waals surface area (Å²) in [5, 5.41) is 8.35. The monoisotopic (exact) mass is 412 g/mol. The van der Waals surface area contributed by atoms with Gasteiger partial charge in [-0.25, -0.2) is 4.98 Å². The van der Waals surface area contributed by atoms with Crippen molar-refractivity contribution in [2.75, 3.05) is 25.1 Å². The number of nitrogens with zero attached hydrogens (tertiary/aromatic N) is 3. The van der Waals surface area contributed by atoms with Crippen LogP contribution in [0.1, 0.15) is 44.0 Å². The molecule has 1 aliphatic rings. The summed E-state index contributed by atoms with van der Waals surface area (Å²) in [6.45, 7) is 6.24. The van der Waals surface area contributed by atoms with Gasteiger partial charge in [0.25, 0.3) is 5.89 Å². The highest BCUT2D eigenvalue weighted by atomic mass is 35.5. The lowest BCUT2D eigenvalue weighted by Gasteiger charge is -2.38. The highest BCUT2D eigenvalue weighted by molar-refractivity contribution is 6.31. The molecule has 1 fully saturated rings. The van der Waals surface area contributed by atoms with Gasteiger partial charge in [-0.1, -0.05) is 48.8 Å². The minimum atomic E-state index is -0.0937. The Balaban J connectivity index is 1.56. The van der Waals surface area contributed by atoms with Gasteiger partial charge in [0.2, 0.25) is 0 Å². The fourth-order valence-corrected chi connectivity index (χ4v) is 4.04. The zero-order valence-electron chi connectivity index (χ0n) is 16.7. The summed E-state index contributed by atoms with van der Waals surface area (Å²) in [5.41, 5.74) is 1.91. The van der Waals surface area contributed by atoms with Crippen molar-refractivity contribution in [2.45, 2.75) is 38.0 Å². The number of halogens is 1. The van der Waals surface area contributed by atoms with E-state index in [1.165, 1.54) is 0 Å². The van der Waals surface area contributed by atoms with Crippen molar-refractivity contribution in [2.24, 2.45) is 0 Å². The lowest BCUT2D eigenvalue weighted by molar-refractivity contribution is 0.0544. The van der Waals surface area contributed by atoms with E-state index >= 15 is 0 Å². The number of hydrogen-bond donors (Lipinski definition) is 1. The molecule has 152 valence electrons. The molecule has 0 amide bonds. The first kappa shape index (κ1) is 19.9. The minimum Gasteiger partial charge on any atom is -0.381 e. The average Bonchev–Trinajstić information content (AvgIpc) is 3.24. The van der Waals surface area contributed by atoms with Gasteiger partial charge < -0.3 is 14.6 Å². The molecule has 3 heterocycles. The van der Waals surface area contributed by atoms with E-state index in [1.54, 1.807) is 6.20 Å². The Kier molecular flexibility index (Phi) is 5.83. The molecule has 1 aliphatic heterocycles. The smallest absolute Gasteiger partial charge is 0.258 e. The number of anilines is 1. The topological polar surface area (TPSA) is 73.1 Å². The molecule has 6 nitrogen and oxygen atoms in total. The van der Waals surface area contributed by atoms with Crippen molar-refractivity contribution in [1.82, 2.24) is 15.1 Å². The van der Waals surface area contributed by atoms with Crippen LogP contribution in [0.15, 0.2) is 47.1 Å². The highest BCUT2D eigenvalue weighted by Gasteiger charge is 2.36. The molecule has 0 radical (unpaired) electrons. The third kappa shape index (κ3) is 4.28. The molecule has 0 saturated carbocycles. The van der Waals surface area contributed by atoms with Crippen LogP contribution in [-0.4, -0.2) is 34.9 Å². The van der Waals surface area contributed by atoms with Crippen LogP contribution >= 0.6 is 11.6 Å². The van der Waals surface area contributed by atoms with E-state index in [4.69, 9.17) is 20.9 Å². The minimum absolute atomic E-state index is 0.0937. The normalized spacial score (nSPS) is 16.1. The molecule has 0 unspecified atom stereocenters. The number of pyridine rings is 1. The van der Waals surface area contributed by atoms with Crippen molar-refractivity contribution in [1.29, 1.82) is 0 Å². The zero-order chi connectivity index (χ0) is 20.3. The van der Waals surface area contributed by atoms with Crippen LogP contribution in [0.5, 0.6) is 0 Å². The standard InChI is InChI=1S/C22H25ClN4O2/c1-15(2)20-26-21(29-27-20)16-7-10-24-19(13-16)25-14-22(8-11-28-12-9-22)17-5-3-4-6-18(17)23/h3-7,10,13,15H,8-9,11-12,14H2,1-2H3,(H,24,25). The summed E-state index contributed by atoms with van der Waals surface area (Å²) in [6.07, 6.45) is 3.57. The summed E-state index contributed by atoms with van der Waals surface area (Å²) < 4.78 is 11.0. The van der Waals surface area contributed by atoms with Crippen molar-refractivity contribution in [3.8, 4) is 11.5 Å². The van der Waals surface area contributed by atoms with Gasteiger partial charge in [-0.3, -0.25) is 0 Å². The SMILES string of the molecule is CC(C)c1noc(-c2ccnc(NCC3(c4ccccc4Cl)CCOCC3)c2)n1. The third-order valence-corrected chi connectivity index (χ3v) is 5.80. The Morgan fingerprint density at radius 1 is 1.17 bits per heavy atom. The molecule has 2 aromatic heterocycles. The molecular weight excluding hydrogens is 388 g/mol. The summed E-state index contributed by atoms with van der Waals surface area (Å²) in [7, 11) is 0. The van der Waals surface area contributed by atoms with Crippen LogP contribution in [0.3, 0.4) is 0 Å². The molecule has 0 spiro atoms. The molecule has 29 heavy (non-hydrogen) atoms. The van der Waals surface area contributed by atoms with Gasteiger partial charge in [0, 0.05) is 47.9 Å². The molecular formula is C22H25ClN4O2. The van der Waals surface area contributed by atoms with Crippen molar-refractivity contribution < 1.29 is 9.26 Å². The molecule has 1 N–H and O–H groups in total. The second kappa shape index (κ2) is 8.51. The summed E-state index contributed by atoms with van der Waals surface area (Å²) in [6, 6.07) is 11.9. The van der Waals surface area contributed by atoms with Crippen molar-refractivity contribution in [3.63, 3.8) is 0 Å². The van der Waals surface area contributed by atoms with Gasteiger partial charge in [0.1, 0.15) is 5.82 Å². The van der Waals surface area contributed by atoms with E-state index in [9.17, 15) is 0 Å². The van der Waals surface area contributed by atoms with Crippen LogP contribution in [0, 0.1) is 0 Å². The lowest BCUT2D eigenvalue weighted by atomic mass is 9.74. The third-order valence-electron chi connectivity index (χ3n) is 5.47. The van der Waals surface area contributed by atoms with E-state index in [0.29, 0.717) is 11.7 Å². The van der Waals surface area contributed by atoms with Crippen LogP contribution in [-0.2, 0) is 10.2 Å². The van der Waals surface area contributed by atoms with E-state index in [1.807, 2.05) is 44.2 Å². The van der Waals surface area contributed by atoms with Gasteiger partial charge in [0.15, 0.2) is 5.82 Å². The number of benzene rings is 1. The highest BCUT2D eigenvalue weighted by Crippen LogP contribution is 2.38. The number of nitrogens with one attached hydrogen (secondary N) is 1. The van der Waals surface area contributed by atoms with Crippen LogP contribution in [0.25, 0.3) is 11.5 Å². The predicted molar refractivity (Wildman–Crippen MR) is 113 cm³/mol. The maximum Gasteiger partial charge on any atom is 0.258 e. The van der Waals surface area contributed by atoms with Crippen LogP contribution in [0.4, 0.5) is 5.82 Å². The Hall–Kier alpha value is -2.44. The lowest BCUT2D eigenvalue weighted by Crippen LogP contribution is -2.40. The second-order valence-corrected chi connectivity index (χ2v) is 8.18. The van der Waals surface area contributed by atoms with Crippen molar-refractivity contribution >= 4 is 17.4 Å². The van der Waals surface area contributed by atoms with Crippen LogP contribution in [0.2, 0.25) is 5.02 Å². The van der Waals surface area contributed by atoms with Crippen molar-refractivity contribution in [3.05, 3.63) is 59.0 Å². The molecule has 1 saturated heterocycles. The zero-order valence-corrected chi connectivity index (χ0v) is 17.4. The van der Waals surface area contributed by atoms with Gasteiger partial charge in [-0.05, 0) is 36.6 Å². The molecule has 0 aliphatic carbocycles. The molecule has 1 aromatic carbocycles. The number of ether oxygens (including phenoxy) is 1. The molecule has 0 atom stereocenters. The predicted octanol–water partition coefficient (Wildman–Crippen LogP) is 5.07. The fraction of sp³-hybridized carbons (Fsp3) is 0.409. The van der Waals surface area contributed by atoms with Gasteiger partial charge in [0.05, 0.1) is 0 Å². The van der Waals surface area contributed by atoms with Gasteiger partial charge in [-0.2, -0.15) is 4.98 Å². The summed E-state index contributed by atoms with van der Waals surface area (Å²) in [5.74, 6) is 2.19.